The van der Waals surface area contributed by atoms with Gasteiger partial charge in [0.15, 0.2) is 0 Å². The summed E-state index contributed by atoms with van der Waals surface area (Å²) < 4.78 is 5.53. The van der Waals surface area contributed by atoms with Gasteiger partial charge in [-0.05, 0) is 48.4 Å². The third-order valence-corrected chi connectivity index (χ3v) is 3.38. The van der Waals surface area contributed by atoms with E-state index in [1.807, 2.05) is 25.1 Å². The van der Waals surface area contributed by atoms with Crippen LogP contribution in [0.2, 0.25) is 5.02 Å². The first kappa shape index (κ1) is 16.2. The Labute approximate surface area is 134 Å². The van der Waals surface area contributed by atoms with Gasteiger partial charge in [-0.15, -0.1) is 0 Å². The highest BCUT2D eigenvalue weighted by atomic mass is 35.5. The van der Waals surface area contributed by atoms with Gasteiger partial charge in [-0.3, -0.25) is 0 Å². The van der Waals surface area contributed by atoms with Crippen LogP contribution in [0.5, 0.6) is 5.75 Å². The van der Waals surface area contributed by atoms with Gasteiger partial charge < -0.3 is 15.2 Å². The Morgan fingerprint density at radius 1 is 1.23 bits per heavy atom. The molecule has 0 aromatic heterocycles. The second-order valence-electron chi connectivity index (χ2n) is 4.85. The maximum atomic E-state index is 10.8. The minimum atomic E-state index is -0.930. The van der Waals surface area contributed by atoms with Gasteiger partial charge in [0.2, 0.25) is 0 Å². The van der Waals surface area contributed by atoms with Crippen molar-refractivity contribution in [1.82, 2.24) is 0 Å². The van der Waals surface area contributed by atoms with E-state index in [0.29, 0.717) is 23.9 Å². The van der Waals surface area contributed by atoms with E-state index < -0.39 is 5.97 Å². The molecule has 0 heterocycles. The number of anilines is 1. The number of rotatable bonds is 7. The predicted molar refractivity (Wildman–Crippen MR) is 88.0 cm³/mol. The van der Waals surface area contributed by atoms with Gasteiger partial charge in [-0.1, -0.05) is 24.6 Å². The Hall–Kier alpha value is -2.20. The number of ether oxygens (including phenoxy) is 1. The monoisotopic (exact) mass is 319 g/mol. The lowest BCUT2D eigenvalue weighted by Gasteiger charge is -2.10. The minimum Gasteiger partial charge on any atom is -0.492 e. The SMILES string of the molecule is CCCOc1ccc(CNc2ccc(C(=O)O)cc2)cc1Cl. The Bertz CT molecular complexity index is 641. The van der Waals surface area contributed by atoms with Crippen molar-refractivity contribution in [2.24, 2.45) is 0 Å². The molecule has 2 rings (SSSR count). The molecule has 0 bridgehead atoms. The van der Waals surface area contributed by atoms with Crippen LogP contribution >= 0.6 is 11.6 Å². The molecule has 22 heavy (non-hydrogen) atoms. The summed E-state index contributed by atoms with van der Waals surface area (Å²) in [6.07, 6.45) is 0.936. The van der Waals surface area contributed by atoms with Gasteiger partial charge >= 0.3 is 5.97 Å². The molecule has 0 radical (unpaired) electrons. The molecule has 0 unspecified atom stereocenters. The van der Waals surface area contributed by atoms with E-state index in [1.165, 1.54) is 0 Å². The topological polar surface area (TPSA) is 58.6 Å². The fourth-order valence-corrected chi connectivity index (χ4v) is 2.18. The van der Waals surface area contributed by atoms with Crippen LogP contribution in [-0.2, 0) is 6.54 Å². The summed E-state index contributed by atoms with van der Waals surface area (Å²) in [6, 6.07) is 12.3. The molecular formula is C17H18ClNO3. The lowest BCUT2D eigenvalue weighted by molar-refractivity contribution is 0.0697. The summed E-state index contributed by atoms with van der Waals surface area (Å²) in [6.45, 7) is 3.29. The number of carboxylic acids is 1. The number of nitrogens with one attached hydrogen (secondary N) is 1. The van der Waals surface area contributed by atoms with Crippen LogP contribution in [0.4, 0.5) is 5.69 Å². The molecule has 0 aliphatic rings. The van der Waals surface area contributed by atoms with Gasteiger partial charge in [0, 0.05) is 12.2 Å². The fraction of sp³-hybridized carbons (Fsp3) is 0.235. The molecule has 2 N–H and O–H groups in total. The van der Waals surface area contributed by atoms with Crippen LogP contribution in [0.15, 0.2) is 42.5 Å². The average Bonchev–Trinajstić information content (AvgIpc) is 2.52. The summed E-state index contributed by atoms with van der Waals surface area (Å²) in [4.78, 5) is 10.8. The first-order chi connectivity index (χ1) is 10.6. The first-order valence-electron chi connectivity index (χ1n) is 7.08. The summed E-state index contributed by atoms with van der Waals surface area (Å²) in [5.41, 5.74) is 2.15. The summed E-state index contributed by atoms with van der Waals surface area (Å²) >= 11 is 6.18. The van der Waals surface area contributed by atoms with Crippen LogP contribution in [0, 0.1) is 0 Å². The molecule has 0 amide bonds. The molecule has 0 aliphatic heterocycles. The summed E-state index contributed by atoms with van der Waals surface area (Å²) in [5, 5.41) is 12.7. The molecule has 2 aromatic rings. The van der Waals surface area contributed by atoms with E-state index in [1.54, 1.807) is 24.3 Å². The first-order valence-corrected chi connectivity index (χ1v) is 7.46. The molecule has 2 aromatic carbocycles. The number of hydrogen-bond donors (Lipinski definition) is 2. The number of hydrogen-bond acceptors (Lipinski definition) is 3. The molecule has 4 nitrogen and oxygen atoms in total. The average molecular weight is 320 g/mol. The van der Waals surface area contributed by atoms with E-state index in [-0.39, 0.29) is 5.56 Å². The summed E-state index contributed by atoms with van der Waals surface area (Å²) in [5.74, 6) is -0.237. The van der Waals surface area contributed by atoms with Crippen LogP contribution in [0.1, 0.15) is 29.3 Å². The van der Waals surface area contributed by atoms with Crippen molar-refractivity contribution >= 4 is 23.3 Å². The third kappa shape index (κ3) is 4.40. The van der Waals surface area contributed by atoms with Gasteiger partial charge in [0.25, 0.3) is 0 Å². The lowest BCUT2D eigenvalue weighted by atomic mass is 10.2. The van der Waals surface area contributed by atoms with E-state index in [2.05, 4.69) is 5.32 Å². The highest BCUT2D eigenvalue weighted by molar-refractivity contribution is 6.32. The largest absolute Gasteiger partial charge is 0.492 e. The van der Waals surface area contributed by atoms with Crippen molar-refractivity contribution in [2.45, 2.75) is 19.9 Å². The lowest BCUT2D eigenvalue weighted by Crippen LogP contribution is -2.01. The van der Waals surface area contributed by atoms with Gasteiger partial charge in [-0.2, -0.15) is 0 Å². The van der Waals surface area contributed by atoms with Crippen molar-refractivity contribution in [2.75, 3.05) is 11.9 Å². The zero-order valence-electron chi connectivity index (χ0n) is 12.3. The zero-order valence-corrected chi connectivity index (χ0v) is 13.1. The van der Waals surface area contributed by atoms with Crippen molar-refractivity contribution in [1.29, 1.82) is 0 Å². The van der Waals surface area contributed by atoms with Crippen LogP contribution < -0.4 is 10.1 Å². The molecule has 0 atom stereocenters. The molecule has 0 saturated heterocycles. The maximum Gasteiger partial charge on any atom is 0.335 e. The smallest absolute Gasteiger partial charge is 0.335 e. The molecule has 0 saturated carbocycles. The molecule has 0 spiro atoms. The fourth-order valence-electron chi connectivity index (χ4n) is 1.92. The van der Waals surface area contributed by atoms with Crippen molar-refractivity contribution in [3.05, 3.63) is 58.6 Å². The highest BCUT2D eigenvalue weighted by Gasteiger charge is 2.04. The number of carboxylic acid groups (broad SMARTS) is 1. The molecule has 5 heteroatoms. The second kappa shape index (κ2) is 7.71. The highest BCUT2D eigenvalue weighted by Crippen LogP contribution is 2.26. The second-order valence-corrected chi connectivity index (χ2v) is 5.26. The normalized spacial score (nSPS) is 10.3. The Kier molecular flexibility index (Phi) is 5.67. The Morgan fingerprint density at radius 2 is 1.95 bits per heavy atom. The Morgan fingerprint density at radius 3 is 2.55 bits per heavy atom. The van der Waals surface area contributed by atoms with Crippen LogP contribution in [0.25, 0.3) is 0 Å². The third-order valence-electron chi connectivity index (χ3n) is 3.09. The minimum absolute atomic E-state index is 0.269. The summed E-state index contributed by atoms with van der Waals surface area (Å²) in [7, 11) is 0. The number of halogens is 1. The molecule has 0 fully saturated rings. The molecule has 116 valence electrons. The quantitative estimate of drug-likeness (QED) is 0.792. The Balaban J connectivity index is 1.96. The predicted octanol–water partition coefficient (Wildman–Crippen LogP) is 4.44. The number of aromatic carboxylic acids is 1. The van der Waals surface area contributed by atoms with E-state index >= 15 is 0 Å². The van der Waals surface area contributed by atoms with Crippen molar-refractivity contribution in [3.63, 3.8) is 0 Å². The van der Waals surface area contributed by atoms with E-state index in [0.717, 1.165) is 17.7 Å². The molecular weight excluding hydrogens is 302 g/mol. The van der Waals surface area contributed by atoms with Crippen LogP contribution in [-0.4, -0.2) is 17.7 Å². The van der Waals surface area contributed by atoms with Gasteiger partial charge in [-0.25, -0.2) is 4.79 Å². The van der Waals surface area contributed by atoms with E-state index in [9.17, 15) is 4.79 Å². The number of carbonyl (C=O) groups is 1. The van der Waals surface area contributed by atoms with E-state index in [4.69, 9.17) is 21.4 Å². The number of benzene rings is 2. The van der Waals surface area contributed by atoms with Gasteiger partial charge in [0.05, 0.1) is 17.2 Å². The van der Waals surface area contributed by atoms with Crippen molar-refractivity contribution < 1.29 is 14.6 Å². The van der Waals surface area contributed by atoms with Crippen molar-refractivity contribution in [3.8, 4) is 5.75 Å². The van der Waals surface area contributed by atoms with Gasteiger partial charge in [0.1, 0.15) is 5.75 Å². The van der Waals surface area contributed by atoms with Crippen LogP contribution in [0.3, 0.4) is 0 Å². The standard InChI is InChI=1S/C17H18ClNO3/c1-2-9-22-16-8-3-12(10-15(16)18)11-19-14-6-4-13(5-7-14)17(20)21/h3-8,10,19H,2,9,11H2,1H3,(H,20,21). The zero-order chi connectivity index (χ0) is 15.9. The maximum absolute atomic E-state index is 10.8. The molecule has 0 aliphatic carbocycles.